The van der Waals surface area contributed by atoms with E-state index in [1.165, 1.54) is 0 Å². The van der Waals surface area contributed by atoms with Gasteiger partial charge in [0.2, 0.25) is 0 Å². The average molecular weight is 344 g/mol. The van der Waals surface area contributed by atoms with Crippen LogP contribution in [-0.4, -0.2) is 52.1 Å². The fraction of sp³-hybridized carbons (Fsp3) is 0.444. The molecule has 7 heteroatoms. The number of piperidine rings is 1. The summed E-state index contributed by atoms with van der Waals surface area (Å²) >= 11 is 0. The molecule has 0 aliphatic carbocycles. The smallest absolute Gasteiger partial charge is 0.317 e. The van der Waals surface area contributed by atoms with Crippen molar-refractivity contribution in [3.63, 3.8) is 0 Å². The van der Waals surface area contributed by atoms with Crippen molar-refractivity contribution in [3.8, 4) is 11.4 Å². The zero-order valence-electron chi connectivity index (χ0n) is 14.4. The lowest BCUT2D eigenvalue weighted by atomic mass is 10.0. The van der Waals surface area contributed by atoms with Gasteiger partial charge in [0, 0.05) is 30.9 Å². The van der Waals surface area contributed by atoms with Crippen LogP contribution in [0.4, 0.5) is 4.79 Å². The molecule has 0 saturated carbocycles. The summed E-state index contributed by atoms with van der Waals surface area (Å²) in [6.07, 6.45) is 6.52. The van der Waals surface area contributed by atoms with Crippen molar-refractivity contribution in [2.24, 2.45) is 0 Å². The van der Waals surface area contributed by atoms with E-state index in [2.05, 4.69) is 10.4 Å². The SMILES string of the molecule is COc1cccc(-n2cc(CNC(=O)N3CCCC[C@H]3CO)cn2)c1. The largest absolute Gasteiger partial charge is 0.497 e. The first-order chi connectivity index (χ1) is 12.2. The highest BCUT2D eigenvalue weighted by Crippen LogP contribution is 2.18. The Kier molecular flexibility index (Phi) is 5.55. The maximum Gasteiger partial charge on any atom is 0.317 e. The molecule has 2 aromatic rings. The molecule has 1 aliphatic heterocycles. The molecule has 134 valence electrons. The summed E-state index contributed by atoms with van der Waals surface area (Å²) in [6.45, 7) is 1.11. The predicted molar refractivity (Wildman–Crippen MR) is 93.8 cm³/mol. The van der Waals surface area contributed by atoms with Crippen LogP contribution < -0.4 is 10.1 Å². The van der Waals surface area contributed by atoms with Crippen molar-refractivity contribution in [2.45, 2.75) is 31.8 Å². The Balaban J connectivity index is 1.60. The second kappa shape index (κ2) is 8.02. The van der Waals surface area contributed by atoms with E-state index >= 15 is 0 Å². The predicted octanol–water partition coefficient (Wildman–Crippen LogP) is 1.94. The molecule has 1 saturated heterocycles. The minimum absolute atomic E-state index is 0.0151. The third kappa shape index (κ3) is 4.11. The number of likely N-dealkylation sites (tertiary alicyclic amines) is 1. The molecule has 2 N–H and O–H groups in total. The average Bonchev–Trinajstić information content (AvgIpc) is 3.15. The number of methoxy groups -OCH3 is 1. The van der Waals surface area contributed by atoms with E-state index in [-0.39, 0.29) is 18.7 Å². The van der Waals surface area contributed by atoms with Crippen LogP contribution in [0, 0.1) is 0 Å². The summed E-state index contributed by atoms with van der Waals surface area (Å²) < 4.78 is 6.98. The molecule has 1 aliphatic rings. The zero-order chi connectivity index (χ0) is 17.6. The number of carbonyl (C=O) groups excluding carboxylic acids is 1. The zero-order valence-corrected chi connectivity index (χ0v) is 14.4. The van der Waals surface area contributed by atoms with E-state index in [0.717, 1.165) is 36.3 Å². The molecular weight excluding hydrogens is 320 g/mol. The van der Waals surface area contributed by atoms with E-state index in [1.54, 1.807) is 22.9 Å². The molecule has 3 rings (SSSR count). The number of nitrogens with one attached hydrogen (secondary N) is 1. The number of aliphatic hydroxyl groups is 1. The van der Waals surface area contributed by atoms with Crippen molar-refractivity contribution >= 4 is 6.03 Å². The van der Waals surface area contributed by atoms with Crippen LogP contribution in [0.1, 0.15) is 24.8 Å². The number of benzene rings is 1. The lowest BCUT2D eigenvalue weighted by Gasteiger charge is -2.34. The number of aliphatic hydroxyl groups excluding tert-OH is 1. The molecule has 7 nitrogen and oxygen atoms in total. The molecule has 2 amide bonds. The van der Waals surface area contributed by atoms with E-state index in [0.29, 0.717) is 13.1 Å². The molecule has 0 bridgehead atoms. The molecule has 1 fully saturated rings. The van der Waals surface area contributed by atoms with Gasteiger partial charge in [-0.1, -0.05) is 6.07 Å². The Morgan fingerprint density at radius 1 is 1.44 bits per heavy atom. The standard InChI is InChI=1S/C18H24N4O3/c1-25-17-7-4-6-15(9-17)22-12-14(11-20-22)10-19-18(24)21-8-3-2-5-16(21)13-23/h4,6-7,9,11-12,16,23H,2-3,5,8,10,13H2,1H3,(H,19,24)/t16-/m0/s1. The summed E-state index contributed by atoms with van der Waals surface area (Å²) in [4.78, 5) is 14.1. The molecule has 1 aromatic carbocycles. The van der Waals surface area contributed by atoms with Crippen LogP contribution in [0.3, 0.4) is 0 Å². The van der Waals surface area contributed by atoms with Gasteiger partial charge in [-0.05, 0) is 31.4 Å². The Morgan fingerprint density at radius 3 is 3.12 bits per heavy atom. The van der Waals surface area contributed by atoms with Gasteiger partial charge in [-0.3, -0.25) is 0 Å². The van der Waals surface area contributed by atoms with Crippen LogP contribution in [0.25, 0.3) is 5.69 Å². The van der Waals surface area contributed by atoms with E-state index in [9.17, 15) is 9.90 Å². The van der Waals surface area contributed by atoms with E-state index in [4.69, 9.17) is 4.74 Å². The third-order valence-electron chi connectivity index (χ3n) is 4.50. The first kappa shape index (κ1) is 17.3. The van der Waals surface area contributed by atoms with Gasteiger partial charge in [0.05, 0.1) is 31.6 Å². The fourth-order valence-electron chi connectivity index (χ4n) is 3.08. The number of carbonyl (C=O) groups is 1. The van der Waals surface area contributed by atoms with Gasteiger partial charge in [-0.15, -0.1) is 0 Å². The van der Waals surface area contributed by atoms with Crippen LogP contribution in [0.5, 0.6) is 5.75 Å². The number of aromatic nitrogens is 2. The summed E-state index contributed by atoms with van der Waals surface area (Å²) in [5.74, 6) is 0.767. The van der Waals surface area contributed by atoms with Gasteiger partial charge in [0.15, 0.2) is 0 Å². The molecule has 1 aromatic heterocycles. The topological polar surface area (TPSA) is 79.6 Å². The number of hydrogen-bond donors (Lipinski definition) is 2. The van der Waals surface area contributed by atoms with E-state index < -0.39 is 0 Å². The first-order valence-electron chi connectivity index (χ1n) is 8.54. The Morgan fingerprint density at radius 2 is 2.32 bits per heavy atom. The van der Waals surface area contributed by atoms with Gasteiger partial charge in [0.25, 0.3) is 0 Å². The summed E-state index contributed by atoms with van der Waals surface area (Å²) in [5, 5.41) is 16.7. The normalized spacial score (nSPS) is 17.4. The van der Waals surface area contributed by atoms with Gasteiger partial charge in [-0.25, -0.2) is 9.48 Å². The summed E-state index contributed by atoms with van der Waals surface area (Å²) in [5.41, 5.74) is 1.81. The molecule has 0 unspecified atom stereocenters. The number of ether oxygens (including phenoxy) is 1. The second-order valence-corrected chi connectivity index (χ2v) is 6.18. The quantitative estimate of drug-likeness (QED) is 0.869. The highest BCUT2D eigenvalue weighted by Gasteiger charge is 2.25. The Hall–Kier alpha value is -2.54. The third-order valence-corrected chi connectivity index (χ3v) is 4.50. The Bertz CT molecular complexity index is 716. The van der Waals surface area contributed by atoms with Crippen molar-refractivity contribution < 1.29 is 14.6 Å². The number of hydrogen-bond acceptors (Lipinski definition) is 4. The molecule has 1 atom stereocenters. The van der Waals surface area contributed by atoms with Crippen LogP contribution in [0.15, 0.2) is 36.7 Å². The number of rotatable bonds is 5. The first-order valence-corrected chi connectivity index (χ1v) is 8.54. The number of nitrogens with zero attached hydrogens (tertiary/aromatic N) is 3. The maximum absolute atomic E-state index is 12.4. The number of amides is 2. The molecular formula is C18H24N4O3. The van der Waals surface area contributed by atoms with Gasteiger partial charge in [0.1, 0.15) is 5.75 Å². The lowest BCUT2D eigenvalue weighted by Crippen LogP contribution is -2.49. The number of urea groups is 1. The maximum atomic E-state index is 12.4. The van der Waals surface area contributed by atoms with Gasteiger partial charge in [-0.2, -0.15) is 5.10 Å². The van der Waals surface area contributed by atoms with Crippen LogP contribution in [0.2, 0.25) is 0 Å². The molecule has 2 heterocycles. The minimum Gasteiger partial charge on any atom is -0.497 e. The summed E-state index contributed by atoms with van der Waals surface area (Å²) in [6, 6.07) is 7.42. The van der Waals surface area contributed by atoms with Crippen molar-refractivity contribution in [3.05, 3.63) is 42.2 Å². The Labute approximate surface area is 147 Å². The fourth-order valence-corrected chi connectivity index (χ4v) is 3.08. The van der Waals surface area contributed by atoms with E-state index in [1.807, 2.05) is 30.5 Å². The van der Waals surface area contributed by atoms with Crippen molar-refractivity contribution in [1.29, 1.82) is 0 Å². The summed E-state index contributed by atoms with van der Waals surface area (Å²) in [7, 11) is 1.63. The monoisotopic (exact) mass is 344 g/mol. The molecule has 0 radical (unpaired) electrons. The minimum atomic E-state index is -0.132. The highest BCUT2D eigenvalue weighted by molar-refractivity contribution is 5.74. The molecule has 0 spiro atoms. The van der Waals surface area contributed by atoms with Crippen LogP contribution >= 0.6 is 0 Å². The van der Waals surface area contributed by atoms with Gasteiger partial charge >= 0.3 is 6.03 Å². The van der Waals surface area contributed by atoms with Crippen molar-refractivity contribution in [1.82, 2.24) is 20.0 Å². The molecule has 25 heavy (non-hydrogen) atoms. The van der Waals surface area contributed by atoms with Gasteiger partial charge < -0.3 is 20.1 Å². The second-order valence-electron chi connectivity index (χ2n) is 6.18. The van der Waals surface area contributed by atoms with Crippen molar-refractivity contribution in [2.75, 3.05) is 20.3 Å². The lowest BCUT2D eigenvalue weighted by molar-refractivity contribution is 0.108. The highest BCUT2D eigenvalue weighted by atomic mass is 16.5. The van der Waals surface area contributed by atoms with Crippen LogP contribution in [-0.2, 0) is 6.54 Å².